The smallest absolute Gasteiger partial charge is 0.260 e. The van der Waals surface area contributed by atoms with Crippen molar-refractivity contribution in [2.75, 3.05) is 11.9 Å². The van der Waals surface area contributed by atoms with Crippen LogP contribution < -0.4 is 5.32 Å². The van der Waals surface area contributed by atoms with Crippen LogP contribution >= 0.6 is 11.3 Å². The molecule has 1 atom stereocenters. The van der Waals surface area contributed by atoms with Crippen molar-refractivity contribution in [3.63, 3.8) is 0 Å². The fourth-order valence-electron chi connectivity index (χ4n) is 2.00. The van der Waals surface area contributed by atoms with Crippen molar-refractivity contribution in [1.29, 1.82) is 0 Å². The quantitative estimate of drug-likeness (QED) is 0.945. The molecule has 104 valence electrons. The predicted molar refractivity (Wildman–Crippen MR) is 72.2 cm³/mol. The third-order valence-electron chi connectivity index (χ3n) is 2.98. The molecule has 2 aromatic rings. The molecule has 0 saturated carbocycles. The van der Waals surface area contributed by atoms with Gasteiger partial charge in [-0.3, -0.25) is 10.1 Å². The zero-order chi connectivity index (χ0) is 13.9. The van der Waals surface area contributed by atoms with Gasteiger partial charge in [-0.2, -0.15) is 0 Å². The van der Waals surface area contributed by atoms with Gasteiger partial charge in [-0.15, -0.1) is 10.2 Å². The van der Waals surface area contributed by atoms with E-state index in [4.69, 9.17) is 4.74 Å². The number of rotatable bonds is 3. The van der Waals surface area contributed by atoms with Crippen molar-refractivity contribution in [2.45, 2.75) is 18.9 Å². The second-order valence-corrected chi connectivity index (χ2v) is 5.39. The molecular weight excluding hydrogens is 281 g/mol. The average Bonchev–Trinajstić information content (AvgIpc) is 3.09. The molecule has 1 aliphatic heterocycles. The van der Waals surface area contributed by atoms with E-state index < -0.39 is 11.7 Å². The predicted octanol–water partition coefficient (Wildman–Crippen LogP) is 2.78. The molecule has 0 unspecified atom stereocenters. The van der Waals surface area contributed by atoms with Crippen LogP contribution in [0.15, 0.2) is 24.3 Å². The van der Waals surface area contributed by atoms with Crippen LogP contribution in [0.3, 0.4) is 0 Å². The van der Waals surface area contributed by atoms with Gasteiger partial charge in [0.1, 0.15) is 16.9 Å². The van der Waals surface area contributed by atoms with E-state index in [-0.39, 0.29) is 11.7 Å². The summed E-state index contributed by atoms with van der Waals surface area (Å²) in [4.78, 5) is 11.9. The second-order valence-electron chi connectivity index (χ2n) is 4.38. The maximum Gasteiger partial charge on any atom is 0.260 e. The number of carbonyl (C=O) groups is 1. The minimum absolute atomic E-state index is 0.0126. The molecule has 3 rings (SSSR count). The standard InChI is InChI=1S/C13H12FN3O2S/c14-9-5-2-1-4-8(9)11(18)15-13-17-16-12(20-13)10-6-3-7-19-10/h1-2,4-5,10H,3,6-7H2,(H,15,17,18)/t10-/m1/s1. The van der Waals surface area contributed by atoms with Crippen molar-refractivity contribution >= 4 is 22.4 Å². The average molecular weight is 293 g/mol. The largest absolute Gasteiger partial charge is 0.371 e. The zero-order valence-electron chi connectivity index (χ0n) is 10.5. The number of carbonyl (C=O) groups excluding carboxylic acids is 1. The van der Waals surface area contributed by atoms with Gasteiger partial charge >= 0.3 is 0 Å². The number of aromatic nitrogens is 2. The first-order valence-electron chi connectivity index (χ1n) is 6.25. The van der Waals surface area contributed by atoms with Gasteiger partial charge in [0, 0.05) is 6.61 Å². The summed E-state index contributed by atoms with van der Waals surface area (Å²) in [7, 11) is 0. The normalized spacial score (nSPS) is 18.1. The number of hydrogen-bond acceptors (Lipinski definition) is 5. The second kappa shape index (κ2) is 5.64. The van der Waals surface area contributed by atoms with Crippen molar-refractivity contribution in [1.82, 2.24) is 10.2 Å². The third-order valence-corrected chi connectivity index (χ3v) is 3.92. The summed E-state index contributed by atoms with van der Waals surface area (Å²) < 4.78 is 19.0. The van der Waals surface area contributed by atoms with Crippen molar-refractivity contribution in [2.24, 2.45) is 0 Å². The first-order valence-corrected chi connectivity index (χ1v) is 7.06. The Morgan fingerprint density at radius 2 is 2.25 bits per heavy atom. The number of nitrogens with one attached hydrogen (secondary N) is 1. The van der Waals surface area contributed by atoms with Crippen molar-refractivity contribution < 1.29 is 13.9 Å². The lowest BCUT2D eigenvalue weighted by molar-refractivity contribution is 0.102. The topological polar surface area (TPSA) is 64.1 Å². The molecule has 1 saturated heterocycles. The molecule has 0 radical (unpaired) electrons. The molecule has 2 heterocycles. The Balaban J connectivity index is 1.72. The first-order chi connectivity index (χ1) is 9.74. The first kappa shape index (κ1) is 13.1. The van der Waals surface area contributed by atoms with Gasteiger partial charge in [-0.05, 0) is 25.0 Å². The van der Waals surface area contributed by atoms with Crippen LogP contribution in [0.5, 0.6) is 0 Å². The lowest BCUT2D eigenvalue weighted by Gasteiger charge is -2.03. The van der Waals surface area contributed by atoms with Gasteiger partial charge in [0.15, 0.2) is 0 Å². The molecule has 1 N–H and O–H groups in total. The SMILES string of the molecule is O=C(Nc1nnc([C@H]2CCCO2)s1)c1ccccc1F. The molecule has 1 aliphatic rings. The molecule has 0 bridgehead atoms. The Morgan fingerprint density at radius 1 is 1.40 bits per heavy atom. The molecule has 1 fully saturated rings. The lowest BCUT2D eigenvalue weighted by Crippen LogP contribution is -2.13. The maximum absolute atomic E-state index is 13.5. The van der Waals surface area contributed by atoms with Gasteiger partial charge in [0.05, 0.1) is 5.56 Å². The van der Waals surface area contributed by atoms with Crippen LogP contribution in [0.25, 0.3) is 0 Å². The zero-order valence-corrected chi connectivity index (χ0v) is 11.3. The third kappa shape index (κ3) is 2.68. The van der Waals surface area contributed by atoms with E-state index in [1.54, 1.807) is 6.07 Å². The highest BCUT2D eigenvalue weighted by Crippen LogP contribution is 2.31. The number of ether oxygens (including phenoxy) is 1. The summed E-state index contributed by atoms with van der Waals surface area (Å²) in [6, 6.07) is 5.81. The van der Waals surface area contributed by atoms with Crippen LogP contribution in [-0.4, -0.2) is 22.7 Å². The number of anilines is 1. The highest BCUT2D eigenvalue weighted by atomic mass is 32.1. The molecule has 5 nitrogen and oxygen atoms in total. The van der Waals surface area contributed by atoms with E-state index in [0.717, 1.165) is 24.5 Å². The summed E-state index contributed by atoms with van der Waals surface area (Å²) in [6.07, 6.45) is 1.88. The Hall–Kier alpha value is -1.86. The van der Waals surface area contributed by atoms with E-state index >= 15 is 0 Å². The van der Waals surface area contributed by atoms with Crippen LogP contribution in [0.2, 0.25) is 0 Å². The van der Waals surface area contributed by atoms with E-state index in [0.29, 0.717) is 5.13 Å². The fraction of sp³-hybridized carbons (Fsp3) is 0.308. The van der Waals surface area contributed by atoms with Crippen LogP contribution in [0.4, 0.5) is 9.52 Å². The van der Waals surface area contributed by atoms with Crippen LogP contribution in [0, 0.1) is 5.82 Å². The van der Waals surface area contributed by atoms with Crippen molar-refractivity contribution in [3.8, 4) is 0 Å². The lowest BCUT2D eigenvalue weighted by atomic mass is 10.2. The van der Waals surface area contributed by atoms with Gasteiger partial charge in [0.25, 0.3) is 5.91 Å². The van der Waals surface area contributed by atoms with E-state index in [2.05, 4.69) is 15.5 Å². The molecule has 0 spiro atoms. The Kier molecular flexibility index (Phi) is 3.70. The molecule has 20 heavy (non-hydrogen) atoms. The Morgan fingerprint density at radius 3 is 3.00 bits per heavy atom. The molecular formula is C13H12FN3O2S. The summed E-state index contributed by atoms with van der Waals surface area (Å²) in [5.74, 6) is -1.09. The Bertz CT molecular complexity index is 626. The highest BCUT2D eigenvalue weighted by Gasteiger charge is 2.22. The fourth-order valence-corrected chi connectivity index (χ4v) is 2.82. The van der Waals surface area contributed by atoms with E-state index in [9.17, 15) is 9.18 Å². The van der Waals surface area contributed by atoms with Gasteiger partial charge in [0.2, 0.25) is 5.13 Å². The minimum atomic E-state index is -0.561. The van der Waals surface area contributed by atoms with Gasteiger partial charge in [-0.25, -0.2) is 4.39 Å². The molecule has 1 amide bonds. The Labute approximate surface area is 118 Å². The number of hydrogen-bond donors (Lipinski definition) is 1. The molecule has 0 aliphatic carbocycles. The minimum Gasteiger partial charge on any atom is -0.371 e. The number of amides is 1. The summed E-state index contributed by atoms with van der Waals surface area (Å²) >= 11 is 1.26. The molecule has 1 aromatic carbocycles. The van der Waals surface area contributed by atoms with E-state index in [1.165, 1.54) is 29.5 Å². The number of nitrogens with zero attached hydrogens (tertiary/aromatic N) is 2. The molecule has 7 heteroatoms. The molecule has 1 aromatic heterocycles. The summed E-state index contributed by atoms with van der Waals surface area (Å²) in [5.41, 5.74) is -0.0126. The summed E-state index contributed by atoms with van der Waals surface area (Å²) in [5, 5.41) is 11.5. The number of benzene rings is 1. The highest BCUT2D eigenvalue weighted by molar-refractivity contribution is 7.15. The van der Waals surface area contributed by atoms with Crippen LogP contribution in [-0.2, 0) is 4.74 Å². The number of halogens is 1. The van der Waals surface area contributed by atoms with Crippen LogP contribution in [0.1, 0.15) is 34.3 Å². The van der Waals surface area contributed by atoms with Gasteiger partial charge < -0.3 is 4.74 Å². The maximum atomic E-state index is 13.5. The summed E-state index contributed by atoms with van der Waals surface area (Å²) in [6.45, 7) is 0.723. The van der Waals surface area contributed by atoms with Crippen molar-refractivity contribution in [3.05, 3.63) is 40.7 Å². The van der Waals surface area contributed by atoms with E-state index in [1.807, 2.05) is 0 Å². The van der Waals surface area contributed by atoms with Gasteiger partial charge in [-0.1, -0.05) is 23.5 Å². The monoisotopic (exact) mass is 293 g/mol.